The van der Waals surface area contributed by atoms with E-state index in [1.807, 2.05) is 24.3 Å². The quantitative estimate of drug-likeness (QED) is 0.839. The Hall–Kier alpha value is -2.90. The van der Waals surface area contributed by atoms with E-state index in [4.69, 9.17) is 9.84 Å². The van der Waals surface area contributed by atoms with E-state index in [9.17, 15) is 9.59 Å². The van der Waals surface area contributed by atoms with Crippen LogP contribution in [0.4, 0.5) is 0 Å². The van der Waals surface area contributed by atoms with Gasteiger partial charge < -0.3 is 15.2 Å². The highest BCUT2D eigenvalue weighted by Gasteiger charge is 2.21. The van der Waals surface area contributed by atoms with Crippen molar-refractivity contribution in [1.29, 1.82) is 0 Å². The van der Waals surface area contributed by atoms with Gasteiger partial charge in [-0.2, -0.15) is 0 Å². The van der Waals surface area contributed by atoms with Gasteiger partial charge in [0.2, 0.25) is 5.91 Å². The van der Waals surface area contributed by atoms with Crippen LogP contribution in [-0.4, -0.2) is 45.1 Å². The van der Waals surface area contributed by atoms with Gasteiger partial charge in [-0.3, -0.25) is 4.79 Å². The van der Waals surface area contributed by atoms with Crippen LogP contribution < -0.4 is 10.1 Å². The number of aromatic nitrogens is 3. The van der Waals surface area contributed by atoms with E-state index in [0.717, 1.165) is 17.7 Å². The van der Waals surface area contributed by atoms with Crippen molar-refractivity contribution in [2.45, 2.75) is 18.9 Å². The van der Waals surface area contributed by atoms with Gasteiger partial charge in [0.15, 0.2) is 5.69 Å². The number of benzene rings is 1. The largest absolute Gasteiger partial charge is 0.493 e. The van der Waals surface area contributed by atoms with Crippen molar-refractivity contribution < 1.29 is 19.4 Å². The number of carbonyl (C=O) groups is 2. The molecule has 2 N–H and O–H groups in total. The van der Waals surface area contributed by atoms with Crippen molar-refractivity contribution >= 4 is 11.9 Å². The number of hydrogen-bond donors (Lipinski definition) is 2. The van der Waals surface area contributed by atoms with E-state index in [2.05, 4.69) is 15.6 Å². The first-order valence-electron chi connectivity index (χ1n) is 7.25. The molecule has 1 aromatic heterocycles. The fourth-order valence-corrected chi connectivity index (χ4v) is 2.54. The van der Waals surface area contributed by atoms with Crippen molar-refractivity contribution in [3.63, 3.8) is 0 Å². The van der Waals surface area contributed by atoms with Crippen LogP contribution in [0, 0.1) is 0 Å². The molecule has 8 heteroatoms. The molecule has 1 amide bonds. The monoisotopic (exact) mass is 316 g/mol. The fraction of sp³-hybridized carbons (Fsp3) is 0.333. The van der Waals surface area contributed by atoms with Crippen LogP contribution in [0.25, 0.3) is 0 Å². The van der Waals surface area contributed by atoms with Crippen LogP contribution in [0.5, 0.6) is 5.75 Å². The van der Waals surface area contributed by atoms with E-state index < -0.39 is 5.97 Å². The molecule has 1 atom stereocenters. The molecule has 0 bridgehead atoms. The molecule has 1 aromatic carbocycles. The predicted molar refractivity (Wildman–Crippen MR) is 79.3 cm³/mol. The van der Waals surface area contributed by atoms with Crippen molar-refractivity contribution in [2.75, 3.05) is 13.2 Å². The molecule has 3 rings (SSSR count). The summed E-state index contributed by atoms with van der Waals surface area (Å²) in [7, 11) is 0. The molecule has 1 unspecified atom stereocenters. The number of carbonyl (C=O) groups excluding carboxylic acids is 1. The molecule has 1 aliphatic rings. The minimum absolute atomic E-state index is 0.0643. The molecule has 2 aromatic rings. The minimum Gasteiger partial charge on any atom is -0.493 e. The average Bonchev–Trinajstić information content (AvgIpc) is 3.01. The lowest BCUT2D eigenvalue weighted by Crippen LogP contribution is -2.33. The molecule has 0 aliphatic carbocycles. The number of nitrogens with one attached hydrogen (secondary N) is 1. The molecule has 0 spiro atoms. The van der Waals surface area contributed by atoms with E-state index >= 15 is 0 Å². The summed E-state index contributed by atoms with van der Waals surface area (Å²) >= 11 is 0. The van der Waals surface area contributed by atoms with Crippen molar-refractivity contribution in [2.24, 2.45) is 0 Å². The summed E-state index contributed by atoms with van der Waals surface area (Å²) in [6.07, 6.45) is 2.06. The molecular formula is C15H16N4O4. The second-order valence-corrected chi connectivity index (χ2v) is 5.28. The number of aromatic carboxylic acids is 1. The zero-order valence-electron chi connectivity index (χ0n) is 12.3. The summed E-state index contributed by atoms with van der Waals surface area (Å²) in [5.74, 6) is -0.346. The lowest BCUT2D eigenvalue weighted by molar-refractivity contribution is -0.122. The smallest absolute Gasteiger partial charge is 0.358 e. The van der Waals surface area contributed by atoms with Crippen LogP contribution in [0.2, 0.25) is 0 Å². The fourth-order valence-electron chi connectivity index (χ4n) is 2.54. The number of fused-ring (bicyclic) bond motifs is 1. The van der Waals surface area contributed by atoms with Gasteiger partial charge in [-0.1, -0.05) is 23.4 Å². The first-order valence-corrected chi connectivity index (χ1v) is 7.25. The number of carboxylic acids is 1. The Kier molecular flexibility index (Phi) is 4.22. The number of ether oxygens (including phenoxy) is 1. The van der Waals surface area contributed by atoms with Crippen LogP contribution in [0.15, 0.2) is 30.5 Å². The summed E-state index contributed by atoms with van der Waals surface area (Å²) in [5.41, 5.74) is 0.907. The topological polar surface area (TPSA) is 106 Å². The third-order valence-electron chi connectivity index (χ3n) is 3.69. The maximum Gasteiger partial charge on any atom is 0.358 e. The summed E-state index contributed by atoms with van der Waals surface area (Å²) in [4.78, 5) is 22.7. The van der Waals surface area contributed by atoms with E-state index in [-0.39, 0.29) is 24.1 Å². The highest BCUT2D eigenvalue weighted by atomic mass is 16.5. The standard InChI is InChI=1S/C15H16N4O4/c20-14(9-19-8-12(15(21)22)17-18-19)16-7-10-5-6-23-13-4-2-1-3-11(10)13/h1-4,8,10H,5-7,9H2,(H,16,20)(H,21,22). The van der Waals surface area contributed by atoms with Crippen molar-refractivity contribution in [1.82, 2.24) is 20.3 Å². The zero-order chi connectivity index (χ0) is 16.2. The molecule has 2 heterocycles. The van der Waals surface area contributed by atoms with E-state index in [1.54, 1.807) is 0 Å². The second-order valence-electron chi connectivity index (χ2n) is 5.28. The van der Waals surface area contributed by atoms with Crippen LogP contribution in [-0.2, 0) is 11.3 Å². The van der Waals surface area contributed by atoms with Gasteiger partial charge in [0.05, 0.1) is 12.8 Å². The van der Waals surface area contributed by atoms with Crippen LogP contribution in [0.3, 0.4) is 0 Å². The number of para-hydroxylation sites is 1. The lowest BCUT2D eigenvalue weighted by atomic mass is 9.93. The molecule has 8 nitrogen and oxygen atoms in total. The summed E-state index contributed by atoms with van der Waals surface area (Å²) in [6.45, 7) is 1.06. The summed E-state index contributed by atoms with van der Waals surface area (Å²) in [6, 6.07) is 7.80. The highest BCUT2D eigenvalue weighted by Crippen LogP contribution is 2.32. The van der Waals surface area contributed by atoms with Crippen LogP contribution >= 0.6 is 0 Å². The molecule has 0 radical (unpaired) electrons. The Bertz CT molecular complexity index is 728. The molecule has 23 heavy (non-hydrogen) atoms. The first kappa shape index (κ1) is 15.0. The Balaban J connectivity index is 1.56. The first-order chi connectivity index (χ1) is 11.1. The summed E-state index contributed by atoms with van der Waals surface area (Å²) < 4.78 is 6.80. The molecule has 0 saturated heterocycles. The minimum atomic E-state index is -1.17. The van der Waals surface area contributed by atoms with Gasteiger partial charge in [0.25, 0.3) is 0 Å². The normalized spacial score (nSPS) is 16.3. The van der Waals surface area contributed by atoms with Crippen molar-refractivity contribution in [3.8, 4) is 5.75 Å². The third-order valence-corrected chi connectivity index (χ3v) is 3.69. The van der Waals surface area contributed by atoms with Crippen molar-refractivity contribution in [3.05, 3.63) is 41.7 Å². The highest BCUT2D eigenvalue weighted by molar-refractivity contribution is 5.84. The van der Waals surface area contributed by atoms with Gasteiger partial charge in [-0.15, -0.1) is 5.10 Å². The number of amides is 1. The maximum absolute atomic E-state index is 12.0. The molecule has 1 aliphatic heterocycles. The van der Waals surface area contributed by atoms with Gasteiger partial charge in [0, 0.05) is 12.5 Å². The zero-order valence-corrected chi connectivity index (χ0v) is 12.3. The molecule has 0 fully saturated rings. The van der Waals surface area contributed by atoms with E-state index in [1.165, 1.54) is 10.9 Å². The molecule has 0 saturated carbocycles. The van der Waals surface area contributed by atoms with Gasteiger partial charge in [0.1, 0.15) is 12.3 Å². The Labute approximate surface area is 132 Å². The Morgan fingerprint density at radius 3 is 3.00 bits per heavy atom. The van der Waals surface area contributed by atoms with Gasteiger partial charge in [-0.25, -0.2) is 9.48 Å². The van der Waals surface area contributed by atoms with Gasteiger partial charge in [-0.05, 0) is 18.1 Å². The average molecular weight is 316 g/mol. The number of rotatable bonds is 5. The maximum atomic E-state index is 12.0. The SMILES string of the molecule is O=C(Cn1cc(C(=O)O)nn1)NCC1CCOc2ccccc21. The number of carboxylic acid groups (broad SMARTS) is 1. The number of nitrogens with zero attached hydrogens (tertiary/aromatic N) is 3. The number of hydrogen-bond acceptors (Lipinski definition) is 5. The molecular weight excluding hydrogens is 300 g/mol. The second kappa shape index (κ2) is 6.47. The van der Waals surface area contributed by atoms with E-state index in [0.29, 0.717) is 13.2 Å². The Morgan fingerprint density at radius 2 is 2.22 bits per heavy atom. The Morgan fingerprint density at radius 1 is 1.39 bits per heavy atom. The van der Waals surface area contributed by atoms with Crippen LogP contribution in [0.1, 0.15) is 28.4 Å². The summed E-state index contributed by atoms with van der Waals surface area (Å²) in [5, 5.41) is 18.7. The van der Waals surface area contributed by atoms with Gasteiger partial charge >= 0.3 is 5.97 Å². The third kappa shape index (κ3) is 3.47. The lowest BCUT2D eigenvalue weighted by Gasteiger charge is -2.25. The molecule has 120 valence electrons. The predicted octanol–water partition coefficient (Wildman–Crippen LogP) is 0.659.